The van der Waals surface area contributed by atoms with Crippen molar-refractivity contribution in [3.05, 3.63) is 40.7 Å². The SMILES string of the molecule is Cc1cc(NC(=O)c2ccco2)sc1C(=O)N1CCNC(C)C1.Cl. The van der Waals surface area contributed by atoms with Crippen LogP contribution in [0.15, 0.2) is 28.9 Å². The second-order valence-corrected chi connectivity index (χ2v) is 6.71. The van der Waals surface area contributed by atoms with Crippen molar-refractivity contribution in [3.63, 3.8) is 0 Å². The van der Waals surface area contributed by atoms with Gasteiger partial charge < -0.3 is 20.0 Å². The molecule has 0 radical (unpaired) electrons. The van der Waals surface area contributed by atoms with Crippen molar-refractivity contribution in [1.82, 2.24) is 10.2 Å². The van der Waals surface area contributed by atoms with E-state index in [4.69, 9.17) is 4.42 Å². The zero-order valence-corrected chi connectivity index (χ0v) is 15.1. The average molecular weight is 370 g/mol. The fourth-order valence-electron chi connectivity index (χ4n) is 2.60. The highest BCUT2D eigenvalue weighted by Crippen LogP contribution is 2.28. The summed E-state index contributed by atoms with van der Waals surface area (Å²) < 4.78 is 5.07. The molecule has 0 aromatic carbocycles. The third kappa shape index (κ3) is 3.98. The number of rotatable bonds is 3. The van der Waals surface area contributed by atoms with Crippen molar-refractivity contribution < 1.29 is 14.0 Å². The van der Waals surface area contributed by atoms with E-state index in [1.165, 1.54) is 17.6 Å². The van der Waals surface area contributed by atoms with Gasteiger partial charge in [0.1, 0.15) is 0 Å². The summed E-state index contributed by atoms with van der Waals surface area (Å²) in [5, 5.41) is 6.75. The lowest BCUT2D eigenvalue weighted by atomic mass is 10.2. The van der Waals surface area contributed by atoms with Crippen LogP contribution in [0.25, 0.3) is 0 Å². The number of nitrogens with zero attached hydrogens (tertiary/aromatic N) is 1. The van der Waals surface area contributed by atoms with Gasteiger partial charge in [-0.3, -0.25) is 9.59 Å². The Morgan fingerprint density at radius 1 is 1.46 bits per heavy atom. The number of aryl methyl sites for hydroxylation is 1. The molecule has 2 N–H and O–H groups in total. The first-order valence-electron chi connectivity index (χ1n) is 7.52. The van der Waals surface area contributed by atoms with Gasteiger partial charge in [0.05, 0.1) is 16.1 Å². The molecular weight excluding hydrogens is 350 g/mol. The Labute approximate surface area is 150 Å². The first kappa shape index (κ1) is 18.5. The van der Waals surface area contributed by atoms with Crippen molar-refractivity contribution in [2.75, 3.05) is 25.0 Å². The van der Waals surface area contributed by atoms with E-state index in [0.717, 1.165) is 12.1 Å². The molecule has 2 aromatic heterocycles. The summed E-state index contributed by atoms with van der Waals surface area (Å²) in [4.78, 5) is 27.2. The van der Waals surface area contributed by atoms with Gasteiger partial charge in [-0.1, -0.05) is 0 Å². The lowest BCUT2D eigenvalue weighted by Gasteiger charge is -2.31. The van der Waals surface area contributed by atoms with Crippen molar-refractivity contribution in [1.29, 1.82) is 0 Å². The molecule has 1 fully saturated rings. The molecule has 0 spiro atoms. The summed E-state index contributed by atoms with van der Waals surface area (Å²) in [7, 11) is 0. The third-order valence-corrected chi connectivity index (χ3v) is 4.89. The van der Waals surface area contributed by atoms with E-state index in [0.29, 0.717) is 29.0 Å². The molecule has 0 saturated carbocycles. The van der Waals surface area contributed by atoms with Crippen LogP contribution >= 0.6 is 23.7 Å². The highest BCUT2D eigenvalue weighted by molar-refractivity contribution is 7.18. The van der Waals surface area contributed by atoms with Gasteiger partial charge in [-0.2, -0.15) is 0 Å². The molecule has 0 bridgehead atoms. The number of nitrogens with one attached hydrogen (secondary N) is 2. The number of piperazine rings is 1. The molecule has 2 amide bonds. The van der Waals surface area contributed by atoms with Crippen molar-refractivity contribution in [3.8, 4) is 0 Å². The second-order valence-electron chi connectivity index (χ2n) is 5.66. The highest BCUT2D eigenvalue weighted by atomic mass is 35.5. The van der Waals surface area contributed by atoms with E-state index >= 15 is 0 Å². The molecule has 1 saturated heterocycles. The van der Waals surface area contributed by atoms with Gasteiger partial charge >= 0.3 is 0 Å². The molecule has 1 aliphatic rings. The van der Waals surface area contributed by atoms with E-state index < -0.39 is 0 Å². The summed E-state index contributed by atoms with van der Waals surface area (Å²) >= 11 is 1.30. The minimum atomic E-state index is -0.314. The van der Waals surface area contributed by atoms with Gasteiger partial charge in [0.25, 0.3) is 11.8 Å². The fourth-order valence-corrected chi connectivity index (χ4v) is 3.63. The highest BCUT2D eigenvalue weighted by Gasteiger charge is 2.25. The Bertz CT molecular complexity index is 714. The second kappa shape index (κ2) is 7.83. The number of hydrogen-bond donors (Lipinski definition) is 2. The Hall–Kier alpha value is -1.83. The fraction of sp³-hybridized carbons (Fsp3) is 0.375. The standard InChI is InChI=1S/C16H19N3O3S.ClH/c1-10-8-13(18-15(20)12-4-3-7-22-12)23-14(10)16(21)19-6-5-17-11(2)9-19;/h3-4,7-8,11,17H,5-6,9H2,1-2H3,(H,18,20);1H. The van der Waals surface area contributed by atoms with E-state index in [1.54, 1.807) is 12.1 Å². The lowest BCUT2D eigenvalue weighted by Crippen LogP contribution is -2.51. The number of thiophene rings is 1. The monoisotopic (exact) mass is 369 g/mol. The van der Waals surface area contributed by atoms with Gasteiger partial charge in [0.15, 0.2) is 5.76 Å². The number of carbonyl (C=O) groups is 2. The van der Waals surface area contributed by atoms with Gasteiger partial charge in [-0.25, -0.2) is 0 Å². The molecule has 0 aliphatic carbocycles. The zero-order valence-electron chi connectivity index (χ0n) is 13.5. The summed E-state index contributed by atoms with van der Waals surface area (Å²) in [6.07, 6.45) is 1.45. The van der Waals surface area contributed by atoms with Crippen LogP contribution in [0.5, 0.6) is 0 Å². The van der Waals surface area contributed by atoms with Crippen LogP contribution in [0.2, 0.25) is 0 Å². The number of halogens is 1. The van der Waals surface area contributed by atoms with Crippen LogP contribution in [0.1, 0.15) is 32.7 Å². The van der Waals surface area contributed by atoms with Crippen LogP contribution in [0.3, 0.4) is 0 Å². The predicted molar refractivity (Wildman–Crippen MR) is 96.3 cm³/mol. The van der Waals surface area contributed by atoms with Crippen LogP contribution in [-0.4, -0.2) is 42.4 Å². The predicted octanol–water partition coefficient (Wildman–Crippen LogP) is 2.76. The smallest absolute Gasteiger partial charge is 0.291 e. The molecule has 3 heterocycles. The van der Waals surface area contributed by atoms with Crippen molar-refractivity contribution in [2.45, 2.75) is 19.9 Å². The van der Waals surface area contributed by atoms with Gasteiger partial charge in [-0.15, -0.1) is 23.7 Å². The van der Waals surface area contributed by atoms with Gasteiger partial charge in [-0.05, 0) is 37.6 Å². The number of carbonyl (C=O) groups excluding carboxylic acids is 2. The summed E-state index contributed by atoms with van der Waals surface area (Å²) in [6.45, 7) is 6.16. The topological polar surface area (TPSA) is 74.6 Å². The number of anilines is 1. The molecule has 2 aromatic rings. The Kier molecular flexibility index (Phi) is 6.04. The van der Waals surface area contributed by atoms with E-state index in [9.17, 15) is 9.59 Å². The summed E-state index contributed by atoms with van der Waals surface area (Å²) in [5.41, 5.74) is 0.876. The summed E-state index contributed by atoms with van der Waals surface area (Å²) in [6, 6.07) is 5.38. The molecule has 24 heavy (non-hydrogen) atoms. The van der Waals surface area contributed by atoms with Gasteiger partial charge in [0.2, 0.25) is 0 Å². The normalized spacial score (nSPS) is 17.2. The van der Waals surface area contributed by atoms with Crippen molar-refractivity contribution in [2.24, 2.45) is 0 Å². The molecule has 6 nitrogen and oxygen atoms in total. The van der Waals surface area contributed by atoms with Crippen LogP contribution in [0.4, 0.5) is 5.00 Å². The van der Waals surface area contributed by atoms with Crippen LogP contribution in [-0.2, 0) is 0 Å². The van der Waals surface area contributed by atoms with Crippen molar-refractivity contribution >= 4 is 40.6 Å². The minimum absolute atomic E-state index is 0. The zero-order chi connectivity index (χ0) is 16.4. The maximum absolute atomic E-state index is 12.7. The molecule has 1 aliphatic heterocycles. The minimum Gasteiger partial charge on any atom is -0.459 e. The molecule has 130 valence electrons. The first-order valence-corrected chi connectivity index (χ1v) is 8.34. The van der Waals surface area contributed by atoms with Crippen LogP contribution in [0, 0.1) is 6.92 Å². The quantitative estimate of drug-likeness (QED) is 0.872. The molecule has 1 atom stereocenters. The van der Waals surface area contributed by atoms with E-state index in [1.807, 2.05) is 17.9 Å². The Balaban J connectivity index is 0.00000208. The third-order valence-electron chi connectivity index (χ3n) is 3.75. The molecule has 3 rings (SSSR count). The largest absolute Gasteiger partial charge is 0.459 e. The Morgan fingerprint density at radius 2 is 2.25 bits per heavy atom. The van der Waals surface area contributed by atoms with E-state index in [-0.39, 0.29) is 30.0 Å². The average Bonchev–Trinajstić information content (AvgIpc) is 3.16. The number of furan rings is 1. The number of hydrogen-bond acceptors (Lipinski definition) is 5. The molecule has 1 unspecified atom stereocenters. The number of amides is 2. The Morgan fingerprint density at radius 3 is 2.92 bits per heavy atom. The molecule has 8 heteroatoms. The van der Waals surface area contributed by atoms with E-state index in [2.05, 4.69) is 17.6 Å². The van der Waals surface area contributed by atoms with Gasteiger partial charge in [0, 0.05) is 25.7 Å². The maximum Gasteiger partial charge on any atom is 0.291 e. The first-order chi connectivity index (χ1) is 11.0. The maximum atomic E-state index is 12.7. The lowest BCUT2D eigenvalue weighted by molar-refractivity contribution is 0.0713. The molecular formula is C16H20ClN3O3S. The summed E-state index contributed by atoms with van der Waals surface area (Å²) in [5.74, 6) is -0.0368. The van der Waals surface area contributed by atoms with Crippen LogP contribution < -0.4 is 10.6 Å².